The zero-order valence-corrected chi connectivity index (χ0v) is 14.3. The highest BCUT2D eigenvalue weighted by Crippen LogP contribution is 2.09. The van der Waals surface area contributed by atoms with Crippen LogP contribution in [0.2, 0.25) is 19.6 Å². The molecule has 1 aromatic rings. The summed E-state index contributed by atoms with van der Waals surface area (Å²) in [7, 11) is -1.33. The van der Waals surface area contributed by atoms with E-state index in [1.807, 2.05) is 12.1 Å². The SMILES string of the molecule is CC(=O)NC(CS)C(=O)Nc1ccc([Si](C)(C)C)cc1. The average Bonchev–Trinajstić information content (AvgIpc) is 2.35. The van der Waals surface area contributed by atoms with Crippen molar-refractivity contribution in [3.63, 3.8) is 0 Å². The molecule has 0 bridgehead atoms. The van der Waals surface area contributed by atoms with Crippen molar-refractivity contribution in [2.24, 2.45) is 0 Å². The van der Waals surface area contributed by atoms with Crippen LogP contribution in [0.5, 0.6) is 0 Å². The minimum atomic E-state index is -1.33. The summed E-state index contributed by atoms with van der Waals surface area (Å²) in [6, 6.07) is 7.28. The maximum atomic E-state index is 12.0. The number of thiol groups is 1. The fraction of sp³-hybridized carbons (Fsp3) is 0.429. The highest BCUT2D eigenvalue weighted by molar-refractivity contribution is 7.80. The normalized spacial score (nSPS) is 12.7. The first-order chi connectivity index (χ1) is 9.24. The van der Waals surface area contributed by atoms with Gasteiger partial charge in [-0.25, -0.2) is 0 Å². The summed E-state index contributed by atoms with van der Waals surface area (Å²) in [6.45, 7) is 8.20. The van der Waals surface area contributed by atoms with Gasteiger partial charge in [0, 0.05) is 18.4 Å². The molecule has 1 aromatic carbocycles. The van der Waals surface area contributed by atoms with Gasteiger partial charge >= 0.3 is 0 Å². The van der Waals surface area contributed by atoms with Crippen LogP contribution < -0.4 is 15.8 Å². The second-order valence-electron chi connectivity index (χ2n) is 5.75. The van der Waals surface area contributed by atoms with Gasteiger partial charge in [0.2, 0.25) is 11.8 Å². The lowest BCUT2D eigenvalue weighted by Crippen LogP contribution is -2.44. The Morgan fingerprint density at radius 3 is 2.15 bits per heavy atom. The fourth-order valence-corrected chi connectivity index (χ4v) is 3.15. The minimum Gasteiger partial charge on any atom is -0.344 e. The molecule has 0 heterocycles. The second kappa shape index (κ2) is 6.94. The number of benzene rings is 1. The number of carbonyl (C=O) groups excluding carboxylic acids is 2. The first-order valence-corrected chi connectivity index (χ1v) is 10.7. The van der Waals surface area contributed by atoms with E-state index in [1.54, 1.807) is 0 Å². The van der Waals surface area contributed by atoms with Gasteiger partial charge in [-0.05, 0) is 12.1 Å². The van der Waals surface area contributed by atoms with Gasteiger partial charge in [0.15, 0.2) is 0 Å². The number of anilines is 1. The Kier molecular flexibility index (Phi) is 5.83. The van der Waals surface area contributed by atoms with Gasteiger partial charge in [-0.15, -0.1) is 0 Å². The Balaban J connectivity index is 2.73. The average molecular weight is 310 g/mol. The van der Waals surface area contributed by atoms with Gasteiger partial charge < -0.3 is 10.6 Å². The molecule has 0 aliphatic carbocycles. The number of carbonyl (C=O) groups is 2. The topological polar surface area (TPSA) is 58.2 Å². The number of hydrogen-bond acceptors (Lipinski definition) is 3. The molecule has 20 heavy (non-hydrogen) atoms. The van der Waals surface area contributed by atoms with Crippen LogP contribution in [0.15, 0.2) is 24.3 Å². The first-order valence-electron chi connectivity index (χ1n) is 6.53. The van der Waals surface area contributed by atoms with Crippen molar-refractivity contribution in [1.82, 2.24) is 5.32 Å². The predicted molar refractivity (Wildman–Crippen MR) is 89.5 cm³/mol. The van der Waals surface area contributed by atoms with Crippen molar-refractivity contribution >= 4 is 43.4 Å². The zero-order chi connectivity index (χ0) is 15.3. The Labute approximate surface area is 126 Å². The standard InChI is InChI=1S/C14H22N2O2SSi/c1-10(17)15-13(9-19)14(18)16-11-5-7-12(8-6-11)20(2,3)4/h5-8,13,19H,9H2,1-4H3,(H,15,17)(H,16,18). The largest absolute Gasteiger partial charge is 0.344 e. The molecule has 0 saturated carbocycles. The third kappa shape index (κ3) is 5.01. The fourth-order valence-electron chi connectivity index (χ4n) is 1.72. The monoisotopic (exact) mass is 310 g/mol. The van der Waals surface area contributed by atoms with E-state index in [0.29, 0.717) is 0 Å². The highest BCUT2D eigenvalue weighted by atomic mass is 32.1. The molecular weight excluding hydrogens is 288 g/mol. The van der Waals surface area contributed by atoms with Gasteiger partial charge in [-0.3, -0.25) is 9.59 Å². The minimum absolute atomic E-state index is 0.242. The summed E-state index contributed by atoms with van der Waals surface area (Å²) in [5.41, 5.74) is 0.731. The van der Waals surface area contributed by atoms with Gasteiger partial charge in [-0.2, -0.15) is 12.6 Å². The summed E-state index contributed by atoms with van der Waals surface area (Å²) in [4.78, 5) is 23.0. The van der Waals surface area contributed by atoms with E-state index in [2.05, 4.69) is 55.0 Å². The van der Waals surface area contributed by atoms with Crippen molar-refractivity contribution in [1.29, 1.82) is 0 Å². The van der Waals surface area contributed by atoms with Crippen molar-refractivity contribution < 1.29 is 9.59 Å². The van der Waals surface area contributed by atoms with Crippen LogP contribution in [0.1, 0.15) is 6.92 Å². The molecule has 0 aliphatic heterocycles. The second-order valence-corrected chi connectivity index (χ2v) is 11.2. The van der Waals surface area contributed by atoms with E-state index in [9.17, 15) is 9.59 Å². The third-order valence-electron chi connectivity index (χ3n) is 2.90. The van der Waals surface area contributed by atoms with Crippen LogP contribution >= 0.6 is 12.6 Å². The Morgan fingerprint density at radius 2 is 1.75 bits per heavy atom. The maximum Gasteiger partial charge on any atom is 0.247 e. The van der Waals surface area contributed by atoms with Crippen molar-refractivity contribution in [3.8, 4) is 0 Å². The van der Waals surface area contributed by atoms with Crippen molar-refractivity contribution in [3.05, 3.63) is 24.3 Å². The molecule has 4 nitrogen and oxygen atoms in total. The van der Waals surface area contributed by atoms with Crippen molar-refractivity contribution in [2.75, 3.05) is 11.1 Å². The number of amides is 2. The third-order valence-corrected chi connectivity index (χ3v) is 5.33. The summed E-state index contributed by atoms with van der Waals surface area (Å²) in [6.07, 6.45) is 0. The molecule has 6 heteroatoms. The van der Waals surface area contributed by atoms with Gasteiger partial charge in [0.05, 0.1) is 8.07 Å². The predicted octanol–water partition coefficient (Wildman–Crippen LogP) is 1.60. The lowest BCUT2D eigenvalue weighted by Gasteiger charge is -2.18. The number of nitrogens with one attached hydrogen (secondary N) is 2. The molecule has 1 rings (SSSR count). The van der Waals surface area contributed by atoms with E-state index < -0.39 is 14.1 Å². The molecule has 0 spiro atoms. The molecule has 0 fully saturated rings. The van der Waals surface area contributed by atoms with Crippen molar-refractivity contribution in [2.45, 2.75) is 32.6 Å². The lowest BCUT2D eigenvalue weighted by atomic mass is 10.2. The summed E-state index contributed by atoms with van der Waals surface area (Å²) >= 11 is 4.08. The van der Waals surface area contributed by atoms with Crippen LogP contribution in [0, 0.1) is 0 Å². The quantitative estimate of drug-likeness (QED) is 0.571. The van der Waals surface area contributed by atoms with E-state index in [-0.39, 0.29) is 17.6 Å². The van der Waals surface area contributed by atoms with E-state index in [0.717, 1.165) is 5.69 Å². The van der Waals surface area contributed by atoms with Crippen LogP contribution in [0.4, 0.5) is 5.69 Å². The van der Waals surface area contributed by atoms with Gasteiger partial charge in [-0.1, -0.05) is 37.0 Å². The Morgan fingerprint density at radius 1 is 1.20 bits per heavy atom. The first kappa shape index (κ1) is 16.8. The summed E-state index contributed by atoms with van der Waals surface area (Å²) < 4.78 is 0. The van der Waals surface area contributed by atoms with Gasteiger partial charge in [0.1, 0.15) is 6.04 Å². The molecule has 0 aliphatic rings. The lowest BCUT2D eigenvalue weighted by molar-refractivity contribution is -0.124. The number of rotatable bonds is 5. The van der Waals surface area contributed by atoms with E-state index >= 15 is 0 Å². The molecule has 110 valence electrons. The molecular formula is C14H22N2O2SSi. The van der Waals surface area contributed by atoms with Crippen LogP contribution in [-0.2, 0) is 9.59 Å². The molecule has 2 amide bonds. The molecule has 0 saturated heterocycles. The molecule has 0 aromatic heterocycles. The summed E-state index contributed by atoms with van der Waals surface area (Å²) in [5.74, 6) is -0.234. The van der Waals surface area contributed by atoms with Crippen LogP contribution in [-0.4, -0.2) is 31.7 Å². The number of hydrogen-bond donors (Lipinski definition) is 3. The zero-order valence-electron chi connectivity index (χ0n) is 12.4. The molecule has 0 radical (unpaired) electrons. The molecule has 1 atom stereocenters. The maximum absolute atomic E-state index is 12.0. The highest BCUT2D eigenvalue weighted by Gasteiger charge is 2.19. The van der Waals surface area contributed by atoms with Gasteiger partial charge in [0.25, 0.3) is 0 Å². The Hall–Kier alpha value is -1.27. The smallest absolute Gasteiger partial charge is 0.247 e. The van der Waals surface area contributed by atoms with Crippen LogP contribution in [0.3, 0.4) is 0 Å². The van der Waals surface area contributed by atoms with E-state index in [4.69, 9.17) is 0 Å². The summed E-state index contributed by atoms with van der Waals surface area (Å²) in [5, 5.41) is 6.69. The molecule has 1 unspecified atom stereocenters. The van der Waals surface area contributed by atoms with Crippen LogP contribution in [0.25, 0.3) is 0 Å². The van der Waals surface area contributed by atoms with E-state index in [1.165, 1.54) is 12.1 Å². The molecule has 2 N–H and O–H groups in total. The Bertz CT molecular complexity index is 483.